The first-order valence-corrected chi connectivity index (χ1v) is 3.74. The molecule has 0 bridgehead atoms. The zero-order valence-corrected chi connectivity index (χ0v) is 6.70. The Morgan fingerprint density at radius 3 is 2.82 bits per heavy atom. The van der Waals surface area contributed by atoms with Crippen molar-refractivity contribution in [1.82, 2.24) is 0 Å². The van der Waals surface area contributed by atoms with E-state index in [0.29, 0.717) is 0 Å². The maximum Gasteiger partial charge on any atom is 0.111 e. The van der Waals surface area contributed by atoms with Gasteiger partial charge < -0.3 is 0 Å². The SMILES string of the molecule is CC1=CC=C2C(C)=NC=NC12. The van der Waals surface area contributed by atoms with E-state index in [-0.39, 0.29) is 6.04 Å². The fourth-order valence-corrected chi connectivity index (χ4v) is 1.43. The molecule has 0 saturated carbocycles. The molecule has 1 unspecified atom stereocenters. The lowest BCUT2D eigenvalue weighted by molar-refractivity contribution is 0.935. The molecule has 1 atom stereocenters. The first kappa shape index (κ1) is 6.53. The van der Waals surface area contributed by atoms with Gasteiger partial charge in [0.1, 0.15) is 6.34 Å². The van der Waals surface area contributed by atoms with Gasteiger partial charge in [-0.1, -0.05) is 12.2 Å². The highest BCUT2D eigenvalue weighted by atomic mass is 14.9. The van der Waals surface area contributed by atoms with Gasteiger partial charge in [-0.2, -0.15) is 0 Å². The van der Waals surface area contributed by atoms with Crippen LogP contribution in [0.15, 0.2) is 33.3 Å². The molecule has 1 heterocycles. The first-order valence-electron chi connectivity index (χ1n) is 3.74. The molecule has 0 aromatic heterocycles. The van der Waals surface area contributed by atoms with Crippen molar-refractivity contribution in [1.29, 1.82) is 0 Å². The van der Waals surface area contributed by atoms with Crippen LogP contribution in [0, 0.1) is 0 Å². The quantitative estimate of drug-likeness (QED) is 0.497. The molecule has 2 heteroatoms. The molecule has 0 aromatic rings. The number of rotatable bonds is 0. The average Bonchev–Trinajstić information content (AvgIpc) is 2.35. The van der Waals surface area contributed by atoms with Crippen LogP contribution < -0.4 is 0 Å². The molecule has 0 radical (unpaired) electrons. The van der Waals surface area contributed by atoms with Gasteiger partial charge in [0.15, 0.2) is 0 Å². The van der Waals surface area contributed by atoms with Crippen LogP contribution in [0.2, 0.25) is 0 Å². The third-order valence-electron chi connectivity index (χ3n) is 2.14. The van der Waals surface area contributed by atoms with Crippen LogP contribution in [-0.4, -0.2) is 18.1 Å². The van der Waals surface area contributed by atoms with E-state index in [0.717, 1.165) is 5.71 Å². The van der Waals surface area contributed by atoms with Crippen LogP contribution in [0.3, 0.4) is 0 Å². The van der Waals surface area contributed by atoms with Crippen molar-refractivity contribution in [3.63, 3.8) is 0 Å². The van der Waals surface area contributed by atoms with Gasteiger partial charge >= 0.3 is 0 Å². The average molecular weight is 146 g/mol. The number of aliphatic imine (C=N–C) groups is 2. The van der Waals surface area contributed by atoms with Gasteiger partial charge in [-0.05, 0) is 19.4 Å². The van der Waals surface area contributed by atoms with Crippen molar-refractivity contribution >= 4 is 12.1 Å². The molecule has 0 amide bonds. The normalized spacial score (nSPS) is 27.5. The van der Waals surface area contributed by atoms with Gasteiger partial charge in [0, 0.05) is 11.3 Å². The minimum absolute atomic E-state index is 0.271. The lowest BCUT2D eigenvalue weighted by Crippen LogP contribution is -2.16. The Morgan fingerprint density at radius 1 is 1.27 bits per heavy atom. The van der Waals surface area contributed by atoms with Gasteiger partial charge in [0.2, 0.25) is 0 Å². The predicted octanol–water partition coefficient (Wildman–Crippen LogP) is 1.74. The van der Waals surface area contributed by atoms with E-state index in [4.69, 9.17) is 0 Å². The second kappa shape index (κ2) is 2.16. The van der Waals surface area contributed by atoms with Crippen molar-refractivity contribution in [3.05, 3.63) is 23.3 Å². The van der Waals surface area contributed by atoms with Crippen molar-refractivity contribution in [2.24, 2.45) is 9.98 Å². The summed E-state index contributed by atoms with van der Waals surface area (Å²) in [5.41, 5.74) is 3.66. The summed E-state index contributed by atoms with van der Waals surface area (Å²) in [6.07, 6.45) is 5.87. The minimum atomic E-state index is 0.271. The maximum absolute atomic E-state index is 4.27. The van der Waals surface area contributed by atoms with E-state index in [2.05, 4.69) is 29.1 Å². The molecular formula is C9H10N2. The van der Waals surface area contributed by atoms with E-state index in [1.807, 2.05) is 6.92 Å². The van der Waals surface area contributed by atoms with Gasteiger partial charge in [0.25, 0.3) is 0 Å². The number of nitrogens with zero attached hydrogens (tertiary/aromatic N) is 2. The van der Waals surface area contributed by atoms with E-state index in [1.54, 1.807) is 6.34 Å². The highest BCUT2D eigenvalue weighted by Gasteiger charge is 2.22. The Balaban J connectivity index is 2.42. The molecule has 2 rings (SSSR count). The molecule has 11 heavy (non-hydrogen) atoms. The minimum Gasteiger partial charge on any atom is -0.261 e. The van der Waals surface area contributed by atoms with Gasteiger partial charge in [-0.15, -0.1) is 0 Å². The molecule has 0 spiro atoms. The molecule has 2 nitrogen and oxygen atoms in total. The van der Waals surface area contributed by atoms with Crippen LogP contribution in [0.4, 0.5) is 0 Å². The number of allylic oxidation sites excluding steroid dienone is 2. The zero-order valence-electron chi connectivity index (χ0n) is 6.70. The number of hydrogen-bond donors (Lipinski definition) is 0. The summed E-state index contributed by atoms with van der Waals surface area (Å²) < 4.78 is 0. The summed E-state index contributed by atoms with van der Waals surface area (Å²) in [6, 6.07) is 0.271. The summed E-state index contributed by atoms with van der Waals surface area (Å²) >= 11 is 0. The number of hydrogen-bond acceptors (Lipinski definition) is 2. The van der Waals surface area contributed by atoms with Crippen molar-refractivity contribution in [3.8, 4) is 0 Å². The van der Waals surface area contributed by atoms with Crippen LogP contribution in [0.25, 0.3) is 0 Å². The van der Waals surface area contributed by atoms with Crippen molar-refractivity contribution in [2.45, 2.75) is 19.9 Å². The standard InChI is InChI=1S/C9H10N2/c1-6-3-4-8-7(2)10-5-11-9(6)8/h3-5,9H,1-2H3. The summed E-state index contributed by atoms with van der Waals surface area (Å²) in [5.74, 6) is 0. The largest absolute Gasteiger partial charge is 0.261 e. The highest BCUT2D eigenvalue weighted by Crippen LogP contribution is 2.25. The summed E-state index contributed by atoms with van der Waals surface area (Å²) in [6.45, 7) is 4.13. The lowest BCUT2D eigenvalue weighted by atomic mass is 10.0. The zero-order chi connectivity index (χ0) is 7.84. The second-order valence-corrected chi connectivity index (χ2v) is 2.91. The molecule has 56 valence electrons. The van der Waals surface area contributed by atoms with Crippen LogP contribution in [0.1, 0.15) is 13.8 Å². The Hall–Kier alpha value is -1.18. The van der Waals surface area contributed by atoms with Gasteiger partial charge in [-0.25, -0.2) is 4.99 Å². The topological polar surface area (TPSA) is 24.7 Å². The Labute approximate surface area is 66.1 Å². The monoisotopic (exact) mass is 146 g/mol. The smallest absolute Gasteiger partial charge is 0.111 e. The Bertz CT molecular complexity index is 306. The molecule has 0 saturated heterocycles. The van der Waals surface area contributed by atoms with E-state index in [9.17, 15) is 0 Å². The summed E-state index contributed by atoms with van der Waals surface area (Å²) in [4.78, 5) is 8.40. The molecule has 0 fully saturated rings. The predicted molar refractivity (Wildman–Crippen MR) is 47.2 cm³/mol. The summed E-state index contributed by atoms with van der Waals surface area (Å²) in [5, 5.41) is 0. The summed E-state index contributed by atoms with van der Waals surface area (Å²) in [7, 11) is 0. The molecular weight excluding hydrogens is 136 g/mol. The highest BCUT2D eigenvalue weighted by molar-refractivity contribution is 6.06. The molecule has 1 aliphatic carbocycles. The van der Waals surface area contributed by atoms with Crippen LogP contribution >= 0.6 is 0 Å². The fourth-order valence-electron chi connectivity index (χ4n) is 1.43. The molecule has 0 N–H and O–H groups in total. The van der Waals surface area contributed by atoms with Gasteiger partial charge in [0.05, 0.1) is 6.04 Å². The first-order chi connectivity index (χ1) is 5.29. The second-order valence-electron chi connectivity index (χ2n) is 2.91. The molecule has 1 aliphatic heterocycles. The van der Waals surface area contributed by atoms with E-state index < -0.39 is 0 Å². The fraction of sp³-hybridized carbons (Fsp3) is 0.333. The van der Waals surface area contributed by atoms with E-state index in [1.165, 1.54) is 11.1 Å². The van der Waals surface area contributed by atoms with Gasteiger partial charge in [-0.3, -0.25) is 4.99 Å². The third-order valence-corrected chi connectivity index (χ3v) is 2.14. The third kappa shape index (κ3) is 0.862. The van der Waals surface area contributed by atoms with Crippen LogP contribution in [0.5, 0.6) is 0 Å². The molecule has 0 aromatic carbocycles. The van der Waals surface area contributed by atoms with Crippen molar-refractivity contribution < 1.29 is 0 Å². The number of fused-ring (bicyclic) bond motifs is 1. The Kier molecular flexibility index (Phi) is 1.28. The van der Waals surface area contributed by atoms with Crippen LogP contribution in [-0.2, 0) is 0 Å². The lowest BCUT2D eigenvalue weighted by Gasteiger charge is -2.14. The maximum atomic E-state index is 4.27. The Morgan fingerprint density at radius 2 is 2.09 bits per heavy atom. The van der Waals surface area contributed by atoms with Crippen molar-refractivity contribution in [2.75, 3.05) is 0 Å². The van der Waals surface area contributed by atoms with E-state index >= 15 is 0 Å². The molecule has 2 aliphatic rings.